The van der Waals surface area contributed by atoms with Gasteiger partial charge in [-0.25, -0.2) is 9.97 Å². The summed E-state index contributed by atoms with van der Waals surface area (Å²) in [5.41, 5.74) is 2.47. The third-order valence-corrected chi connectivity index (χ3v) is 1.94. The summed E-state index contributed by atoms with van der Waals surface area (Å²) in [6.45, 7) is 3.88. The Bertz CT molecular complexity index is 278. The summed E-state index contributed by atoms with van der Waals surface area (Å²) in [6.07, 6.45) is 3.01. The molecule has 0 fully saturated rings. The van der Waals surface area contributed by atoms with Crippen LogP contribution >= 0.6 is 24.8 Å². The van der Waals surface area contributed by atoms with Gasteiger partial charge in [0.25, 0.3) is 0 Å². The highest BCUT2D eigenvalue weighted by Crippen LogP contribution is 2.08. The highest BCUT2D eigenvalue weighted by atomic mass is 35.5. The normalized spacial score (nSPS) is 13.6. The maximum Gasteiger partial charge on any atom is 0.125 e. The average Bonchev–Trinajstić information content (AvgIpc) is 2.04. The molecule has 0 atom stereocenters. The van der Waals surface area contributed by atoms with Gasteiger partial charge in [-0.05, 0) is 25.5 Å². The highest BCUT2D eigenvalue weighted by molar-refractivity contribution is 5.85. The van der Waals surface area contributed by atoms with E-state index in [0.717, 1.165) is 25.3 Å². The quantitative estimate of drug-likeness (QED) is 0.718. The minimum absolute atomic E-state index is 0. The molecule has 2 heterocycles. The molecule has 1 aromatic rings. The fourth-order valence-electron chi connectivity index (χ4n) is 1.33. The third-order valence-electron chi connectivity index (χ3n) is 1.94. The first-order valence-electron chi connectivity index (χ1n) is 3.88. The van der Waals surface area contributed by atoms with Crippen molar-refractivity contribution < 1.29 is 0 Å². The molecule has 74 valence electrons. The second kappa shape index (κ2) is 5.37. The van der Waals surface area contributed by atoms with Gasteiger partial charge in [0, 0.05) is 12.7 Å². The lowest BCUT2D eigenvalue weighted by Gasteiger charge is -2.14. The lowest BCUT2D eigenvalue weighted by molar-refractivity contribution is 0.619. The summed E-state index contributed by atoms with van der Waals surface area (Å²) in [4.78, 5) is 8.49. The van der Waals surface area contributed by atoms with Crippen molar-refractivity contribution in [3.63, 3.8) is 0 Å². The van der Waals surface area contributed by atoms with Gasteiger partial charge in [-0.3, -0.25) is 0 Å². The van der Waals surface area contributed by atoms with Gasteiger partial charge in [0.1, 0.15) is 5.82 Å². The largest absolute Gasteiger partial charge is 0.311 e. The number of nitrogens with one attached hydrogen (secondary N) is 1. The monoisotopic (exact) mass is 221 g/mol. The molecule has 0 spiro atoms. The lowest BCUT2D eigenvalue weighted by atomic mass is 10.1. The number of hydrogen-bond donors (Lipinski definition) is 1. The average molecular weight is 222 g/mol. The van der Waals surface area contributed by atoms with Crippen molar-refractivity contribution in [2.24, 2.45) is 0 Å². The molecule has 1 N–H and O–H groups in total. The van der Waals surface area contributed by atoms with Crippen LogP contribution in [-0.2, 0) is 13.0 Å². The van der Waals surface area contributed by atoms with Crippen LogP contribution in [0.15, 0.2) is 6.20 Å². The minimum Gasteiger partial charge on any atom is -0.311 e. The van der Waals surface area contributed by atoms with Gasteiger partial charge in [0.2, 0.25) is 0 Å². The molecule has 3 nitrogen and oxygen atoms in total. The molecule has 0 unspecified atom stereocenters. The molecule has 0 radical (unpaired) electrons. The van der Waals surface area contributed by atoms with Crippen molar-refractivity contribution >= 4 is 24.8 Å². The van der Waals surface area contributed by atoms with Crippen LogP contribution in [0.1, 0.15) is 17.1 Å². The van der Waals surface area contributed by atoms with Crippen molar-refractivity contribution in [2.45, 2.75) is 19.9 Å². The first-order chi connectivity index (χ1) is 5.36. The van der Waals surface area contributed by atoms with E-state index in [9.17, 15) is 0 Å². The summed E-state index contributed by atoms with van der Waals surface area (Å²) in [6, 6.07) is 0. The number of aromatic nitrogens is 2. The Labute approximate surface area is 90.2 Å². The Morgan fingerprint density at radius 2 is 2.15 bits per heavy atom. The van der Waals surface area contributed by atoms with Crippen molar-refractivity contribution in [1.29, 1.82) is 0 Å². The fourth-order valence-corrected chi connectivity index (χ4v) is 1.33. The zero-order chi connectivity index (χ0) is 7.68. The first-order valence-corrected chi connectivity index (χ1v) is 3.88. The number of fused-ring (bicyclic) bond motifs is 1. The Hall–Kier alpha value is -0.380. The molecule has 0 saturated carbocycles. The summed E-state index contributed by atoms with van der Waals surface area (Å²) >= 11 is 0. The van der Waals surface area contributed by atoms with E-state index >= 15 is 0 Å². The van der Waals surface area contributed by atoms with Crippen molar-refractivity contribution in [2.75, 3.05) is 6.54 Å². The number of aryl methyl sites for hydroxylation is 1. The van der Waals surface area contributed by atoms with Gasteiger partial charge >= 0.3 is 0 Å². The summed E-state index contributed by atoms with van der Waals surface area (Å²) in [5.74, 6) is 0.868. The van der Waals surface area contributed by atoms with Gasteiger partial charge < -0.3 is 5.32 Å². The molecular formula is C8H13Cl2N3. The Balaban J connectivity index is 0.000000720. The smallest absolute Gasteiger partial charge is 0.125 e. The molecule has 0 amide bonds. The van der Waals surface area contributed by atoms with E-state index in [0.29, 0.717) is 0 Å². The molecule has 0 aliphatic carbocycles. The molecule has 13 heavy (non-hydrogen) atoms. The van der Waals surface area contributed by atoms with Gasteiger partial charge in [0.15, 0.2) is 0 Å². The van der Waals surface area contributed by atoms with Crippen LogP contribution in [0.25, 0.3) is 0 Å². The predicted octanol–water partition coefficient (Wildman–Crippen LogP) is 1.27. The summed E-state index contributed by atoms with van der Waals surface area (Å²) < 4.78 is 0. The molecule has 1 aromatic heterocycles. The van der Waals surface area contributed by atoms with Crippen molar-refractivity contribution in [1.82, 2.24) is 15.3 Å². The molecule has 5 heteroatoms. The van der Waals surface area contributed by atoms with E-state index < -0.39 is 0 Å². The highest BCUT2D eigenvalue weighted by Gasteiger charge is 2.09. The van der Waals surface area contributed by atoms with Crippen molar-refractivity contribution in [3.05, 3.63) is 23.3 Å². The number of nitrogens with zero attached hydrogens (tertiary/aromatic N) is 2. The van der Waals surface area contributed by atoms with Gasteiger partial charge in [-0.15, -0.1) is 24.8 Å². The van der Waals surface area contributed by atoms with Gasteiger partial charge in [-0.2, -0.15) is 0 Å². The van der Waals surface area contributed by atoms with Crippen LogP contribution in [0.2, 0.25) is 0 Å². The molecule has 0 saturated heterocycles. The summed E-state index contributed by atoms with van der Waals surface area (Å²) in [7, 11) is 0. The zero-order valence-electron chi connectivity index (χ0n) is 7.41. The number of hydrogen-bond acceptors (Lipinski definition) is 3. The van der Waals surface area contributed by atoms with Crippen molar-refractivity contribution in [3.8, 4) is 0 Å². The minimum atomic E-state index is 0. The first kappa shape index (κ1) is 12.6. The van der Waals surface area contributed by atoms with Crippen LogP contribution in [0, 0.1) is 6.92 Å². The second-order valence-corrected chi connectivity index (χ2v) is 2.82. The van der Waals surface area contributed by atoms with Crippen LogP contribution in [0.5, 0.6) is 0 Å². The standard InChI is InChI=1S/C8H11N3.2ClH/c1-6-10-4-7-2-3-9-5-8(7)11-6;;/h4,9H,2-3,5H2,1H3;2*1H. The van der Waals surface area contributed by atoms with E-state index in [1.54, 1.807) is 0 Å². The Morgan fingerprint density at radius 1 is 1.38 bits per heavy atom. The van der Waals surface area contributed by atoms with E-state index in [1.807, 2.05) is 13.1 Å². The Morgan fingerprint density at radius 3 is 2.92 bits per heavy atom. The van der Waals surface area contributed by atoms with Gasteiger partial charge in [0.05, 0.1) is 5.69 Å². The molecule has 1 aliphatic heterocycles. The second-order valence-electron chi connectivity index (χ2n) is 2.82. The number of rotatable bonds is 0. The molecular weight excluding hydrogens is 209 g/mol. The Kier molecular flexibility index (Phi) is 5.21. The topological polar surface area (TPSA) is 37.8 Å². The summed E-state index contributed by atoms with van der Waals surface area (Å²) in [5, 5.41) is 3.28. The number of halogens is 2. The van der Waals surface area contributed by atoms with E-state index in [-0.39, 0.29) is 24.8 Å². The van der Waals surface area contributed by atoms with E-state index in [1.165, 1.54) is 11.3 Å². The maximum absolute atomic E-state index is 4.34. The fraction of sp³-hybridized carbons (Fsp3) is 0.500. The van der Waals surface area contributed by atoms with Crippen LogP contribution in [0.3, 0.4) is 0 Å². The molecule has 0 aromatic carbocycles. The lowest BCUT2D eigenvalue weighted by Crippen LogP contribution is -2.25. The SMILES string of the molecule is Cc1ncc2c(n1)CNCC2.Cl.Cl. The molecule has 0 bridgehead atoms. The predicted molar refractivity (Wildman–Crippen MR) is 56.7 cm³/mol. The van der Waals surface area contributed by atoms with Crippen LogP contribution < -0.4 is 5.32 Å². The van der Waals surface area contributed by atoms with E-state index in [2.05, 4.69) is 15.3 Å². The third kappa shape index (κ3) is 2.79. The van der Waals surface area contributed by atoms with Crippen LogP contribution in [-0.4, -0.2) is 16.5 Å². The molecule has 1 aliphatic rings. The zero-order valence-corrected chi connectivity index (χ0v) is 9.04. The maximum atomic E-state index is 4.34. The van der Waals surface area contributed by atoms with E-state index in [4.69, 9.17) is 0 Å². The van der Waals surface area contributed by atoms with Crippen LogP contribution in [0.4, 0.5) is 0 Å². The molecule has 2 rings (SSSR count). The van der Waals surface area contributed by atoms with Gasteiger partial charge in [-0.1, -0.05) is 0 Å².